The Hall–Kier alpha value is -3.27. The highest BCUT2D eigenvalue weighted by atomic mass is 32.1. The summed E-state index contributed by atoms with van der Waals surface area (Å²) in [6.07, 6.45) is 4.78. The number of piperidine rings is 1. The lowest BCUT2D eigenvalue weighted by Gasteiger charge is -2.44. The Morgan fingerprint density at radius 1 is 0.973 bits per heavy atom. The summed E-state index contributed by atoms with van der Waals surface area (Å²) in [5.41, 5.74) is 4.31. The van der Waals surface area contributed by atoms with Crippen LogP contribution in [0, 0.1) is 0 Å². The van der Waals surface area contributed by atoms with Gasteiger partial charge >= 0.3 is 5.97 Å². The number of ether oxygens (including phenoxy) is 1. The van der Waals surface area contributed by atoms with E-state index >= 15 is 0 Å². The van der Waals surface area contributed by atoms with Crippen molar-refractivity contribution in [3.8, 4) is 21.8 Å². The zero-order chi connectivity index (χ0) is 25.5. The number of nitrogens with zero attached hydrogens (tertiary/aromatic N) is 5. The van der Waals surface area contributed by atoms with Gasteiger partial charge < -0.3 is 14.7 Å². The van der Waals surface area contributed by atoms with Crippen LogP contribution in [-0.2, 0) is 4.74 Å². The normalized spacial score (nSPS) is 21.5. The van der Waals surface area contributed by atoms with Crippen molar-refractivity contribution >= 4 is 28.0 Å². The number of imidazole rings is 1. The monoisotopic (exact) mass is 517 g/mol. The maximum absolute atomic E-state index is 11.2. The van der Waals surface area contributed by atoms with Gasteiger partial charge in [0.05, 0.1) is 29.7 Å². The van der Waals surface area contributed by atoms with Gasteiger partial charge in [-0.15, -0.1) is 0 Å². The number of carboxylic acid groups (broad SMARTS) is 1. The van der Waals surface area contributed by atoms with Gasteiger partial charge in [0.1, 0.15) is 5.01 Å². The Morgan fingerprint density at radius 2 is 1.62 bits per heavy atom. The first-order valence-corrected chi connectivity index (χ1v) is 13.7. The van der Waals surface area contributed by atoms with Gasteiger partial charge in [0.2, 0.25) is 4.96 Å². The number of fused-ring (bicyclic) bond motifs is 1. The molecule has 2 atom stereocenters. The van der Waals surface area contributed by atoms with Crippen LogP contribution < -0.4 is 4.90 Å². The van der Waals surface area contributed by atoms with E-state index in [4.69, 9.17) is 14.9 Å². The minimum atomic E-state index is -0.935. The minimum absolute atomic E-state index is 0.262. The highest BCUT2D eigenvalue weighted by Crippen LogP contribution is 2.31. The quantitative estimate of drug-likeness (QED) is 0.403. The van der Waals surface area contributed by atoms with Crippen molar-refractivity contribution in [2.24, 2.45) is 0 Å². The number of carboxylic acids is 1. The number of carbonyl (C=O) groups is 1. The molecule has 2 aromatic heterocycles. The molecule has 2 aliphatic heterocycles. The molecule has 8 nitrogen and oxygen atoms in total. The van der Waals surface area contributed by atoms with Crippen LogP contribution in [-0.4, -0.2) is 75.0 Å². The van der Waals surface area contributed by atoms with E-state index in [0.29, 0.717) is 18.2 Å². The van der Waals surface area contributed by atoms with Gasteiger partial charge in [-0.25, -0.2) is 14.3 Å². The number of aromatic carboxylic acids is 1. The summed E-state index contributed by atoms with van der Waals surface area (Å²) in [4.78, 5) is 21.6. The second-order valence-corrected chi connectivity index (χ2v) is 11.1. The van der Waals surface area contributed by atoms with E-state index in [1.165, 1.54) is 18.5 Å². The smallest absolute Gasteiger partial charge is 0.335 e. The molecule has 6 rings (SSSR count). The van der Waals surface area contributed by atoms with Crippen LogP contribution in [0.4, 0.5) is 5.69 Å². The Bertz CT molecular complexity index is 1380. The van der Waals surface area contributed by atoms with Crippen LogP contribution in [0.2, 0.25) is 0 Å². The number of hydrogen-bond donors (Lipinski definition) is 1. The maximum Gasteiger partial charge on any atom is 0.335 e. The molecule has 2 aliphatic rings. The van der Waals surface area contributed by atoms with Crippen LogP contribution in [0.15, 0.2) is 54.7 Å². The van der Waals surface area contributed by atoms with E-state index in [9.17, 15) is 4.79 Å². The molecule has 2 unspecified atom stereocenters. The second kappa shape index (κ2) is 9.89. The predicted molar refractivity (Wildman–Crippen MR) is 146 cm³/mol. The van der Waals surface area contributed by atoms with Gasteiger partial charge in [-0.2, -0.15) is 5.10 Å². The van der Waals surface area contributed by atoms with Crippen molar-refractivity contribution in [3.05, 3.63) is 60.3 Å². The summed E-state index contributed by atoms with van der Waals surface area (Å²) in [5, 5.41) is 14.9. The van der Waals surface area contributed by atoms with Gasteiger partial charge in [0.15, 0.2) is 0 Å². The largest absolute Gasteiger partial charge is 0.478 e. The molecule has 0 spiro atoms. The molecule has 0 saturated carbocycles. The van der Waals surface area contributed by atoms with Crippen molar-refractivity contribution in [1.82, 2.24) is 19.5 Å². The molecule has 0 bridgehead atoms. The number of rotatable bonds is 5. The molecule has 0 aliphatic carbocycles. The zero-order valence-electron chi connectivity index (χ0n) is 21.1. The number of benzene rings is 2. The van der Waals surface area contributed by atoms with E-state index in [-0.39, 0.29) is 5.56 Å². The first-order chi connectivity index (χ1) is 17.9. The van der Waals surface area contributed by atoms with Gasteiger partial charge in [-0.3, -0.25) is 4.90 Å². The Morgan fingerprint density at radius 3 is 2.27 bits per heavy atom. The average Bonchev–Trinajstić information content (AvgIpc) is 3.50. The van der Waals surface area contributed by atoms with Crippen molar-refractivity contribution < 1.29 is 14.6 Å². The van der Waals surface area contributed by atoms with Crippen LogP contribution >= 0.6 is 11.3 Å². The third kappa shape index (κ3) is 4.86. The molecule has 1 N–H and O–H groups in total. The molecule has 9 heteroatoms. The number of hydrogen-bond acceptors (Lipinski definition) is 7. The van der Waals surface area contributed by atoms with Crippen molar-refractivity contribution in [3.63, 3.8) is 0 Å². The first-order valence-electron chi connectivity index (χ1n) is 12.9. The first kappa shape index (κ1) is 24.1. The molecular formula is C28H31N5O3S. The second-order valence-electron chi connectivity index (χ2n) is 10.1. The van der Waals surface area contributed by atoms with Gasteiger partial charge in [-0.1, -0.05) is 23.5 Å². The fraction of sp³-hybridized carbons (Fsp3) is 0.393. The SMILES string of the molecule is CC1CN(C2CCN(c3ccc(-c4nn5c(-c6ccc(C(=O)O)cc6)cnc5s4)cc3)CC2)CC(C)O1. The van der Waals surface area contributed by atoms with Gasteiger partial charge in [-0.05, 0) is 63.1 Å². The molecule has 2 fully saturated rings. The molecule has 0 amide bonds. The van der Waals surface area contributed by atoms with E-state index in [1.54, 1.807) is 41.8 Å². The minimum Gasteiger partial charge on any atom is -0.478 e. The summed E-state index contributed by atoms with van der Waals surface area (Å²) >= 11 is 1.55. The summed E-state index contributed by atoms with van der Waals surface area (Å²) in [7, 11) is 0. The highest BCUT2D eigenvalue weighted by molar-refractivity contribution is 7.19. The molecule has 2 aromatic carbocycles. The summed E-state index contributed by atoms with van der Waals surface area (Å²) in [6, 6.07) is 16.1. The maximum atomic E-state index is 11.2. The van der Waals surface area contributed by atoms with Gasteiger partial charge in [0.25, 0.3) is 0 Å². The Balaban J connectivity index is 1.14. The molecule has 2 saturated heterocycles. The van der Waals surface area contributed by atoms with Crippen molar-refractivity contribution in [1.29, 1.82) is 0 Å². The molecule has 4 heterocycles. The van der Waals surface area contributed by atoms with Crippen molar-refractivity contribution in [2.75, 3.05) is 31.1 Å². The number of anilines is 1. The fourth-order valence-corrected chi connectivity index (χ4v) is 6.49. The van der Waals surface area contributed by atoms with E-state index < -0.39 is 5.97 Å². The van der Waals surface area contributed by atoms with E-state index in [1.807, 2.05) is 4.52 Å². The summed E-state index contributed by atoms with van der Waals surface area (Å²) < 4.78 is 7.75. The highest BCUT2D eigenvalue weighted by Gasteiger charge is 2.30. The number of morpholine rings is 1. The predicted octanol–water partition coefficient (Wildman–Crippen LogP) is 4.90. The fourth-order valence-electron chi connectivity index (χ4n) is 5.61. The molecular weight excluding hydrogens is 486 g/mol. The third-order valence-electron chi connectivity index (χ3n) is 7.42. The zero-order valence-corrected chi connectivity index (χ0v) is 21.9. The topological polar surface area (TPSA) is 83.2 Å². The van der Waals surface area contributed by atoms with Crippen LogP contribution in [0.1, 0.15) is 37.0 Å². The lowest BCUT2D eigenvalue weighted by molar-refractivity contribution is -0.0826. The van der Waals surface area contributed by atoms with Crippen LogP contribution in [0.5, 0.6) is 0 Å². The Kier molecular flexibility index (Phi) is 6.44. The third-order valence-corrected chi connectivity index (χ3v) is 8.39. The molecule has 37 heavy (non-hydrogen) atoms. The summed E-state index contributed by atoms with van der Waals surface area (Å²) in [6.45, 7) is 8.57. The average molecular weight is 518 g/mol. The lowest BCUT2D eigenvalue weighted by atomic mass is 10.0. The Labute approximate surface area is 220 Å². The van der Waals surface area contributed by atoms with E-state index in [2.05, 4.69) is 52.9 Å². The van der Waals surface area contributed by atoms with Crippen molar-refractivity contribution in [2.45, 2.75) is 44.9 Å². The summed E-state index contributed by atoms with van der Waals surface area (Å²) in [5.74, 6) is -0.935. The van der Waals surface area contributed by atoms with Crippen LogP contribution in [0.3, 0.4) is 0 Å². The van der Waals surface area contributed by atoms with Crippen LogP contribution in [0.25, 0.3) is 26.8 Å². The van der Waals surface area contributed by atoms with E-state index in [0.717, 1.165) is 53.0 Å². The molecule has 0 radical (unpaired) electrons. The lowest BCUT2D eigenvalue weighted by Crippen LogP contribution is -2.53. The standard InChI is InChI=1S/C28H31N5O3S/c1-18-16-32(17-19(2)36-18)24-11-13-31(14-12-24)23-9-7-21(8-10-23)26-30-33-25(15-29-28(33)37-26)20-3-5-22(6-4-20)27(34)35/h3-10,15,18-19,24H,11-14,16-17H2,1-2H3,(H,34,35). The number of aromatic nitrogens is 3. The molecule has 192 valence electrons. The van der Waals surface area contributed by atoms with Gasteiger partial charge in [0, 0.05) is 49.0 Å². The molecule has 4 aromatic rings.